The summed E-state index contributed by atoms with van der Waals surface area (Å²) in [6, 6.07) is 0. The highest BCUT2D eigenvalue weighted by molar-refractivity contribution is 5.37. The first-order valence-electron chi connectivity index (χ1n) is 8.45. The summed E-state index contributed by atoms with van der Waals surface area (Å²) in [5.41, 5.74) is 5.68. The zero-order valence-electron chi connectivity index (χ0n) is 15.4. The molecule has 128 valence electrons. The molecule has 1 aliphatic rings. The van der Waals surface area contributed by atoms with E-state index < -0.39 is 0 Å². The van der Waals surface area contributed by atoms with Crippen LogP contribution in [-0.4, -0.2) is 18.5 Å². The third kappa shape index (κ3) is 7.15. The fraction of sp³-hybridized carbons (Fsp3) is 0.524. The smallest absolute Gasteiger partial charge is 0.143 e. The van der Waals surface area contributed by atoms with Gasteiger partial charge < -0.3 is 9.84 Å². The number of aliphatic hydroxyl groups excluding tert-OH is 1. The van der Waals surface area contributed by atoms with E-state index in [-0.39, 0.29) is 6.79 Å². The highest BCUT2D eigenvalue weighted by Crippen LogP contribution is 2.40. The zero-order valence-corrected chi connectivity index (χ0v) is 15.4. The molecule has 0 bridgehead atoms. The molecular weight excluding hydrogens is 284 g/mol. The molecule has 0 aromatic carbocycles. The molecule has 0 heterocycles. The van der Waals surface area contributed by atoms with Crippen molar-refractivity contribution in [2.24, 2.45) is 5.41 Å². The minimum atomic E-state index is -0.233. The molecule has 0 aromatic heterocycles. The second-order valence-electron chi connectivity index (χ2n) is 6.98. The van der Waals surface area contributed by atoms with E-state index in [1.54, 1.807) is 0 Å². The van der Waals surface area contributed by atoms with Crippen molar-refractivity contribution in [1.29, 1.82) is 0 Å². The summed E-state index contributed by atoms with van der Waals surface area (Å²) in [5, 5.41) is 8.56. The summed E-state index contributed by atoms with van der Waals surface area (Å²) < 4.78 is 4.88. The van der Waals surface area contributed by atoms with Crippen LogP contribution in [0.3, 0.4) is 0 Å². The average Bonchev–Trinajstić information content (AvgIpc) is 2.46. The van der Waals surface area contributed by atoms with Gasteiger partial charge in [0.15, 0.2) is 0 Å². The van der Waals surface area contributed by atoms with Gasteiger partial charge in [-0.1, -0.05) is 67.0 Å². The van der Waals surface area contributed by atoms with Crippen LogP contribution in [0.1, 0.15) is 53.9 Å². The molecule has 0 atom stereocenters. The average molecular weight is 316 g/mol. The van der Waals surface area contributed by atoms with Crippen molar-refractivity contribution >= 4 is 0 Å². The first kappa shape index (κ1) is 19.7. The number of hydrogen-bond acceptors (Lipinski definition) is 2. The molecule has 1 aliphatic carbocycles. The third-order valence-corrected chi connectivity index (χ3v) is 4.39. The molecule has 0 saturated carbocycles. The summed E-state index contributed by atoms with van der Waals surface area (Å²) in [4.78, 5) is 0. The molecule has 2 heteroatoms. The molecule has 0 fully saturated rings. The van der Waals surface area contributed by atoms with Gasteiger partial charge in [-0.05, 0) is 51.0 Å². The fourth-order valence-corrected chi connectivity index (χ4v) is 2.94. The van der Waals surface area contributed by atoms with Crippen molar-refractivity contribution in [3.63, 3.8) is 0 Å². The number of hydrogen-bond donors (Lipinski definition) is 1. The van der Waals surface area contributed by atoms with Gasteiger partial charge in [-0.2, -0.15) is 0 Å². The van der Waals surface area contributed by atoms with Crippen LogP contribution >= 0.6 is 0 Å². The lowest BCUT2D eigenvalue weighted by molar-refractivity contribution is 0.0130. The van der Waals surface area contributed by atoms with E-state index in [1.807, 2.05) is 19.1 Å². The molecule has 0 unspecified atom stereocenters. The van der Waals surface area contributed by atoms with E-state index in [0.29, 0.717) is 12.0 Å². The van der Waals surface area contributed by atoms with Gasteiger partial charge in [0, 0.05) is 0 Å². The molecule has 1 rings (SSSR count). The summed E-state index contributed by atoms with van der Waals surface area (Å²) in [7, 11) is 0. The summed E-state index contributed by atoms with van der Waals surface area (Å²) in [5.74, 6) is 0. The van der Waals surface area contributed by atoms with Crippen LogP contribution in [0.25, 0.3) is 0 Å². The van der Waals surface area contributed by atoms with Crippen molar-refractivity contribution in [3.8, 4) is 0 Å². The molecule has 0 amide bonds. The highest BCUT2D eigenvalue weighted by atomic mass is 16.6. The lowest BCUT2D eigenvalue weighted by atomic mass is 9.72. The SMILES string of the molecule is CC1=C(/C=C/C(C)=C/C=C\C(C)=C\COCO)C(C)(C)CCC1. The molecule has 23 heavy (non-hydrogen) atoms. The van der Waals surface area contributed by atoms with Crippen LogP contribution in [0.4, 0.5) is 0 Å². The molecule has 2 nitrogen and oxygen atoms in total. The topological polar surface area (TPSA) is 29.5 Å². The summed E-state index contributed by atoms with van der Waals surface area (Å²) >= 11 is 0. The Hall–Kier alpha value is -1.38. The van der Waals surface area contributed by atoms with Gasteiger partial charge in [0.1, 0.15) is 6.79 Å². The summed E-state index contributed by atoms with van der Waals surface area (Å²) in [6.07, 6.45) is 16.5. The normalized spacial score (nSPS) is 20.1. The zero-order chi connectivity index (χ0) is 17.3. The van der Waals surface area contributed by atoms with Crippen molar-refractivity contribution in [2.75, 3.05) is 13.4 Å². The van der Waals surface area contributed by atoms with Crippen LogP contribution in [0.5, 0.6) is 0 Å². The van der Waals surface area contributed by atoms with E-state index in [4.69, 9.17) is 9.84 Å². The van der Waals surface area contributed by atoms with Crippen LogP contribution in [-0.2, 0) is 4.74 Å². The van der Waals surface area contributed by atoms with E-state index in [0.717, 1.165) is 5.57 Å². The second kappa shape index (κ2) is 9.69. The standard InChI is InChI=1S/C21H32O2/c1-17(8-6-9-18(2)13-15-23-16-22)11-12-20-19(3)10-7-14-21(20,4)5/h6,8-9,11-13,22H,7,10,14-16H2,1-5H3/b9-6-,12-11+,17-8+,18-13+. The van der Waals surface area contributed by atoms with Crippen molar-refractivity contribution < 1.29 is 9.84 Å². The van der Waals surface area contributed by atoms with Crippen molar-refractivity contribution in [1.82, 2.24) is 0 Å². The number of ether oxygens (including phenoxy) is 1. The van der Waals surface area contributed by atoms with Crippen molar-refractivity contribution in [3.05, 3.63) is 58.7 Å². The number of allylic oxidation sites excluding steroid dienone is 9. The number of aliphatic hydroxyl groups is 1. The molecular formula is C21H32O2. The maximum Gasteiger partial charge on any atom is 0.143 e. The van der Waals surface area contributed by atoms with Gasteiger partial charge in [0.05, 0.1) is 6.61 Å². The summed E-state index contributed by atoms with van der Waals surface area (Å²) in [6.45, 7) is 11.3. The van der Waals surface area contributed by atoms with Gasteiger partial charge in [-0.25, -0.2) is 0 Å². The fourth-order valence-electron chi connectivity index (χ4n) is 2.94. The molecule has 0 saturated heterocycles. The van der Waals surface area contributed by atoms with E-state index in [1.165, 1.54) is 36.0 Å². The molecule has 0 radical (unpaired) electrons. The van der Waals surface area contributed by atoms with E-state index in [9.17, 15) is 0 Å². The Kier molecular flexibility index (Phi) is 8.29. The maximum atomic E-state index is 8.56. The lowest BCUT2D eigenvalue weighted by Gasteiger charge is -2.32. The Morgan fingerprint density at radius 3 is 2.61 bits per heavy atom. The quantitative estimate of drug-likeness (QED) is 0.382. The Morgan fingerprint density at radius 2 is 1.96 bits per heavy atom. The van der Waals surface area contributed by atoms with Crippen LogP contribution < -0.4 is 0 Å². The van der Waals surface area contributed by atoms with Crippen molar-refractivity contribution in [2.45, 2.75) is 53.9 Å². The second-order valence-corrected chi connectivity index (χ2v) is 6.98. The molecule has 0 aromatic rings. The first-order valence-corrected chi connectivity index (χ1v) is 8.45. The molecule has 0 spiro atoms. The lowest BCUT2D eigenvalue weighted by Crippen LogP contribution is -2.19. The van der Waals surface area contributed by atoms with Gasteiger partial charge in [-0.15, -0.1) is 0 Å². The Bertz CT molecular complexity index is 528. The predicted molar refractivity (Wildman–Crippen MR) is 99.2 cm³/mol. The molecule has 1 N–H and O–H groups in total. The minimum Gasteiger partial charge on any atom is -0.371 e. The van der Waals surface area contributed by atoms with Gasteiger partial charge in [-0.3, -0.25) is 0 Å². The van der Waals surface area contributed by atoms with Crippen LogP contribution in [0.15, 0.2) is 58.7 Å². The Balaban J connectivity index is 2.67. The molecule has 0 aliphatic heterocycles. The maximum absolute atomic E-state index is 8.56. The third-order valence-electron chi connectivity index (χ3n) is 4.39. The Labute approximate surface area is 141 Å². The Morgan fingerprint density at radius 1 is 1.22 bits per heavy atom. The highest BCUT2D eigenvalue weighted by Gasteiger charge is 2.26. The van der Waals surface area contributed by atoms with E-state index >= 15 is 0 Å². The monoisotopic (exact) mass is 316 g/mol. The van der Waals surface area contributed by atoms with Gasteiger partial charge in [0.2, 0.25) is 0 Å². The number of rotatable bonds is 7. The van der Waals surface area contributed by atoms with Crippen LogP contribution in [0, 0.1) is 5.41 Å². The minimum absolute atomic E-state index is 0.233. The predicted octanol–water partition coefficient (Wildman–Crippen LogP) is 5.48. The van der Waals surface area contributed by atoms with Gasteiger partial charge in [0.25, 0.3) is 0 Å². The largest absolute Gasteiger partial charge is 0.371 e. The first-order chi connectivity index (χ1) is 10.9. The van der Waals surface area contributed by atoms with Gasteiger partial charge >= 0.3 is 0 Å². The van der Waals surface area contributed by atoms with E-state index in [2.05, 4.69) is 52.0 Å². The van der Waals surface area contributed by atoms with Crippen LogP contribution in [0.2, 0.25) is 0 Å².